The third-order valence-electron chi connectivity index (χ3n) is 2.17. The highest BCUT2D eigenvalue weighted by Gasteiger charge is 2.43. The van der Waals surface area contributed by atoms with Crippen LogP contribution in [-0.2, 0) is 11.2 Å². The molecule has 0 spiro atoms. The summed E-state index contributed by atoms with van der Waals surface area (Å²) in [6, 6.07) is 6.10. The Balaban J connectivity index is 2.99. The van der Waals surface area contributed by atoms with E-state index in [9.17, 15) is 25.0 Å². The number of carboxylic acids is 1. The number of nitrogens with zero attached hydrogens (tertiary/aromatic N) is 3. The van der Waals surface area contributed by atoms with Gasteiger partial charge in [0.25, 0.3) is 6.04 Å². The van der Waals surface area contributed by atoms with Crippen molar-refractivity contribution < 1.29 is 20.0 Å². The number of hydrazine groups is 2. The van der Waals surface area contributed by atoms with Crippen LogP contribution in [0.1, 0.15) is 5.56 Å². The average molecular weight is 255 g/mol. The van der Waals surface area contributed by atoms with Crippen LogP contribution >= 0.6 is 0 Å². The van der Waals surface area contributed by atoms with Crippen molar-refractivity contribution in [3.05, 3.63) is 56.1 Å². The number of aliphatic carboxylic acids is 1. The van der Waals surface area contributed by atoms with E-state index in [1.807, 2.05) is 0 Å². The quantitative estimate of drug-likeness (QED) is 0.574. The Hall–Kier alpha value is -2.71. The average Bonchev–Trinajstić information content (AvgIpc) is 2.28. The molecular weight excluding hydrogens is 246 g/mol. The molecule has 1 aromatic rings. The first-order chi connectivity index (χ1) is 8.43. The predicted octanol–water partition coefficient (Wildman–Crippen LogP) is 0.368. The lowest BCUT2D eigenvalue weighted by Gasteiger charge is -2.12. The molecule has 0 saturated carbocycles. The zero-order valence-electron chi connectivity index (χ0n) is 9.00. The lowest BCUT2D eigenvalue weighted by Crippen LogP contribution is -2.49. The van der Waals surface area contributed by atoms with Crippen molar-refractivity contribution in [3.8, 4) is 0 Å². The minimum Gasteiger partial charge on any atom is -0.479 e. The molecule has 0 radical (unpaired) electrons. The van der Waals surface area contributed by atoms with Gasteiger partial charge in [0.05, 0.1) is 0 Å². The van der Waals surface area contributed by atoms with Gasteiger partial charge in [-0.3, -0.25) is 0 Å². The number of hydrogen-bond donors (Lipinski definition) is 1. The van der Waals surface area contributed by atoms with Gasteiger partial charge >= 0.3 is 5.97 Å². The molecule has 0 bridgehead atoms. The van der Waals surface area contributed by atoms with Gasteiger partial charge in [0.1, 0.15) is 0 Å². The summed E-state index contributed by atoms with van der Waals surface area (Å²) in [5.74, 6) is -1.63. The molecule has 18 heavy (non-hydrogen) atoms. The first-order valence-corrected chi connectivity index (χ1v) is 4.78. The minimum absolute atomic E-state index is 0.335. The van der Waals surface area contributed by atoms with Crippen LogP contribution in [0, 0.1) is 20.2 Å². The first kappa shape index (κ1) is 13.4. The molecule has 0 unspecified atom stereocenters. The van der Waals surface area contributed by atoms with E-state index in [4.69, 9.17) is 5.11 Å². The van der Waals surface area contributed by atoms with Crippen LogP contribution in [-0.4, -0.2) is 32.3 Å². The van der Waals surface area contributed by atoms with E-state index in [1.165, 1.54) is 12.1 Å². The molecule has 0 amide bonds. The monoisotopic (exact) mass is 255 g/mol. The van der Waals surface area contributed by atoms with E-state index >= 15 is 0 Å². The van der Waals surface area contributed by atoms with E-state index in [1.54, 1.807) is 18.2 Å². The van der Waals surface area contributed by atoms with Crippen molar-refractivity contribution >= 4 is 5.97 Å². The molecule has 1 rings (SSSR count). The SMILES string of the molecule is O=C(O)[C@H](Cc1ccccc1)N([N+](=O)[O-])[N+](=O)[O-]. The molecule has 0 saturated heterocycles. The highest BCUT2D eigenvalue weighted by molar-refractivity contribution is 5.73. The number of hydrogen-bond acceptors (Lipinski definition) is 5. The fourth-order valence-corrected chi connectivity index (χ4v) is 1.39. The lowest BCUT2D eigenvalue weighted by atomic mass is 10.1. The second-order valence-corrected chi connectivity index (χ2v) is 3.34. The lowest BCUT2D eigenvalue weighted by molar-refractivity contribution is -0.912. The number of rotatable bonds is 6. The fraction of sp³-hybridized carbons (Fsp3) is 0.222. The largest absolute Gasteiger partial charge is 0.479 e. The van der Waals surface area contributed by atoms with E-state index in [0.29, 0.717) is 5.56 Å². The van der Waals surface area contributed by atoms with Crippen molar-refractivity contribution in [3.63, 3.8) is 0 Å². The van der Waals surface area contributed by atoms with E-state index in [0.717, 1.165) is 0 Å². The summed E-state index contributed by atoms with van der Waals surface area (Å²) in [6.45, 7) is 0. The third-order valence-corrected chi connectivity index (χ3v) is 2.17. The number of carbonyl (C=O) groups is 1. The van der Waals surface area contributed by atoms with Crippen LogP contribution in [0.15, 0.2) is 30.3 Å². The maximum atomic E-state index is 10.9. The fourth-order valence-electron chi connectivity index (χ4n) is 1.39. The summed E-state index contributed by atoms with van der Waals surface area (Å²) in [5, 5.41) is 26.7. The predicted molar refractivity (Wildman–Crippen MR) is 57.4 cm³/mol. The van der Waals surface area contributed by atoms with Crippen molar-refractivity contribution in [2.24, 2.45) is 0 Å². The van der Waals surface area contributed by atoms with Crippen molar-refractivity contribution in [1.29, 1.82) is 0 Å². The number of benzene rings is 1. The highest BCUT2D eigenvalue weighted by atomic mass is 16.8. The van der Waals surface area contributed by atoms with Crippen molar-refractivity contribution in [2.45, 2.75) is 12.5 Å². The molecular formula is C9H9N3O6. The van der Waals surface area contributed by atoms with Gasteiger partial charge in [0.15, 0.2) is 5.12 Å². The van der Waals surface area contributed by atoms with Gasteiger partial charge in [-0.15, -0.1) is 0 Å². The van der Waals surface area contributed by atoms with Crippen molar-refractivity contribution in [2.75, 3.05) is 0 Å². The third kappa shape index (κ3) is 3.14. The maximum Gasteiger partial charge on any atom is 0.339 e. The second kappa shape index (κ2) is 5.57. The summed E-state index contributed by atoms with van der Waals surface area (Å²) in [6.07, 6.45) is -0.335. The zero-order chi connectivity index (χ0) is 13.7. The van der Waals surface area contributed by atoms with Crippen LogP contribution in [0.2, 0.25) is 0 Å². The summed E-state index contributed by atoms with van der Waals surface area (Å²) in [5.41, 5.74) is 0.457. The van der Waals surface area contributed by atoms with Gasteiger partial charge in [0.2, 0.25) is 10.1 Å². The smallest absolute Gasteiger partial charge is 0.339 e. The summed E-state index contributed by atoms with van der Waals surface area (Å²) in [4.78, 5) is 31.9. The van der Waals surface area contributed by atoms with E-state index in [-0.39, 0.29) is 6.42 Å². The Morgan fingerprint density at radius 2 is 1.72 bits per heavy atom. The Morgan fingerprint density at radius 3 is 2.11 bits per heavy atom. The molecule has 96 valence electrons. The second-order valence-electron chi connectivity index (χ2n) is 3.34. The van der Waals surface area contributed by atoms with Crippen LogP contribution in [0.5, 0.6) is 0 Å². The van der Waals surface area contributed by atoms with Crippen molar-refractivity contribution in [1.82, 2.24) is 5.12 Å². The maximum absolute atomic E-state index is 10.9. The van der Waals surface area contributed by atoms with Crippen LogP contribution < -0.4 is 0 Å². The Morgan fingerprint density at radius 1 is 1.22 bits per heavy atom. The minimum atomic E-state index is -1.86. The van der Waals surface area contributed by atoms with Gasteiger partial charge in [0, 0.05) is 6.42 Å². The highest BCUT2D eigenvalue weighted by Crippen LogP contribution is 2.10. The normalized spacial score (nSPS) is 11.6. The molecule has 9 heteroatoms. The van der Waals surface area contributed by atoms with Gasteiger partial charge < -0.3 is 5.11 Å². The number of carboxylic acid groups (broad SMARTS) is 1. The molecule has 1 atom stereocenters. The van der Waals surface area contributed by atoms with Crippen LogP contribution in [0.4, 0.5) is 0 Å². The Bertz CT molecular complexity index is 449. The van der Waals surface area contributed by atoms with Gasteiger partial charge in [-0.05, 0) is 5.56 Å². The summed E-state index contributed by atoms with van der Waals surface area (Å²) >= 11 is 0. The van der Waals surface area contributed by atoms with E-state index < -0.39 is 27.2 Å². The summed E-state index contributed by atoms with van der Waals surface area (Å²) < 4.78 is 0. The Kier molecular flexibility index (Phi) is 4.13. The molecule has 0 fully saturated rings. The van der Waals surface area contributed by atoms with Gasteiger partial charge in [-0.1, -0.05) is 30.3 Å². The Labute approximate surface area is 100 Å². The van der Waals surface area contributed by atoms with E-state index in [2.05, 4.69) is 0 Å². The standard InChI is InChI=1S/C9H9N3O6/c13-9(14)8(10(11(15)16)12(17)18)6-7-4-2-1-3-5-7/h1-5,8H,6H2,(H,13,14)/t8-/m0/s1. The first-order valence-electron chi connectivity index (χ1n) is 4.78. The molecule has 9 nitrogen and oxygen atoms in total. The van der Waals surface area contributed by atoms with Crippen LogP contribution in [0.3, 0.4) is 0 Å². The zero-order valence-corrected chi connectivity index (χ0v) is 9.00. The molecule has 0 aliphatic heterocycles. The molecule has 1 N–H and O–H groups in total. The molecule has 0 aliphatic carbocycles. The molecule has 0 aliphatic rings. The topological polar surface area (TPSA) is 127 Å². The van der Waals surface area contributed by atoms with Gasteiger partial charge in [-0.25, -0.2) is 25.0 Å². The van der Waals surface area contributed by atoms with Crippen LogP contribution in [0.25, 0.3) is 0 Å². The molecule has 0 aromatic heterocycles. The number of nitro groups is 2. The summed E-state index contributed by atoms with van der Waals surface area (Å²) in [7, 11) is 0. The molecule has 0 heterocycles. The molecule has 1 aromatic carbocycles. The van der Waals surface area contributed by atoms with Gasteiger partial charge in [-0.2, -0.15) is 0 Å².